The fourth-order valence-corrected chi connectivity index (χ4v) is 5.18. The second-order valence-corrected chi connectivity index (χ2v) is 9.77. The van der Waals surface area contributed by atoms with Crippen LogP contribution in [-0.4, -0.2) is 53.7 Å². The number of carbonyl (C=O) groups excluding carboxylic acids is 2. The van der Waals surface area contributed by atoms with Gasteiger partial charge in [-0.2, -0.15) is 0 Å². The summed E-state index contributed by atoms with van der Waals surface area (Å²) in [5, 5.41) is 11.9. The monoisotopic (exact) mass is 464 g/mol. The Labute approximate surface area is 200 Å². The van der Waals surface area contributed by atoms with Gasteiger partial charge in [0.05, 0.1) is 6.42 Å². The molecule has 1 unspecified atom stereocenters. The highest BCUT2D eigenvalue weighted by Gasteiger charge is 2.38. The number of benzene rings is 2. The number of fused-ring (bicyclic) bond motifs is 3. The fourth-order valence-electron chi connectivity index (χ4n) is 5.18. The second-order valence-electron chi connectivity index (χ2n) is 9.77. The van der Waals surface area contributed by atoms with Crippen molar-refractivity contribution in [1.82, 2.24) is 10.2 Å². The number of ether oxygens (including phenoxy) is 1. The summed E-state index contributed by atoms with van der Waals surface area (Å²) in [4.78, 5) is 38.7. The van der Waals surface area contributed by atoms with Gasteiger partial charge in [-0.05, 0) is 40.0 Å². The van der Waals surface area contributed by atoms with Crippen molar-refractivity contribution in [3.05, 3.63) is 59.7 Å². The summed E-state index contributed by atoms with van der Waals surface area (Å²) in [5.41, 5.74) is 4.56. The number of carboxylic acid groups (broad SMARTS) is 1. The van der Waals surface area contributed by atoms with E-state index in [0.29, 0.717) is 13.1 Å². The van der Waals surface area contributed by atoms with Crippen LogP contribution in [0.15, 0.2) is 48.5 Å². The summed E-state index contributed by atoms with van der Waals surface area (Å²) >= 11 is 0. The molecule has 180 valence electrons. The van der Waals surface area contributed by atoms with Gasteiger partial charge in [0.2, 0.25) is 5.91 Å². The van der Waals surface area contributed by atoms with Gasteiger partial charge in [0.1, 0.15) is 12.6 Å². The smallest absolute Gasteiger partial charge is 0.407 e. The molecule has 2 aromatic rings. The Kier molecular flexibility index (Phi) is 6.91. The number of likely N-dealkylation sites (tertiary alicyclic amines) is 1. The number of hydrogen-bond donors (Lipinski definition) is 2. The fraction of sp³-hybridized carbons (Fsp3) is 0.444. The molecule has 2 aliphatic rings. The molecule has 3 atom stereocenters. The standard InChI is InChI=1S/C27H32N2O5/c1-16(2)25(26(32)29-13-17(3)18(14-29)12-24(30)31)28-27(33)34-15-23-21-10-6-4-8-19(21)20-9-5-7-11-22(20)23/h4-11,16-18,23,25H,12-15H2,1-3H3,(H,28,33)(H,30,31)/t17-,18-,25?/m1/s1. The van der Waals surface area contributed by atoms with E-state index in [1.807, 2.05) is 45.0 Å². The number of amides is 2. The van der Waals surface area contributed by atoms with Crippen LogP contribution in [0.4, 0.5) is 4.79 Å². The molecule has 0 bridgehead atoms. The van der Waals surface area contributed by atoms with E-state index in [1.165, 1.54) is 0 Å². The van der Waals surface area contributed by atoms with Crippen molar-refractivity contribution in [2.24, 2.45) is 17.8 Å². The molecule has 1 aliphatic heterocycles. The predicted octanol–water partition coefficient (Wildman–Crippen LogP) is 4.12. The SMILES string of the molecule is CC(C)C(NC(=O)OCC1c2ccccc2-c2ccccc21)C(=O)N1C[C@@H](CC(=O)O)[C@H](C)C1. The van der Waals surface area contributed by atoms with Crippen LogP contribution in [0.1, 0.15) is 44.2 Å². The minimum atomic E-state index is -0.858. The van der Waals surface area contributed by atoms with Crippen LogP contribution in [0, 0.1) is 17.8 Å². The zero-order chi connectivity index (χ0) is 24.4. The van der Waals surface area contributed by atoms with Gasteiger partial charge in [-0.3, -0.25) is 9.59 Å². The van der Waals surface area contributed by atoms with Crippen molar-refractivity contribution >= 4 is 18.0 Å². The van der Waals surface area contributed by atoms with Gasteiger partial charge in [0.25, 0.3) is 0 Å². The zero-order valence-corrected chi connectivity index (χ0v) is 19.9. The zero-order valence-electron chi connectivity index (χ0n) is 19.9. The average Bonchev–Trinajstić information content (AvgIpc) is 3.32. The number of rotatable bonds is 7. The Morgan fingerprint density at radius 2 is 1.62 bits per heavy atom. The molecule has 34 heavy (non-hydrogen) atoms. The summed E-state index contributed by atoms with van der Waals surface area (Å²) in [5.74, 6) is -1.22. The summed E-state index contributed by atoms with van der Waals surface area (Å²) in [6.45, 7) is 6.78. The number of carbonyl (C=O) groups is 3. The summed E-state index contributed by atoms with van der Waals surface area (Å²) < 4.78 is 5.63. The number of nitrogens with one attached hydrogen (secondary N) is 1. The lowest BCUT2D eigenvalue weighted by atomic mass is 9.95. The number of hydrogen-bond acceptors (Lipinski definition) is 4. The maximum atomic E-state index is 13.2. The highest BCUT2D eigenvalue weighted by Crippen LogP contribution is 2.44. The highest BCUT2D eigenvalue weighted by molar-refractivity contribution is 5.86. The first-order valence-electron chi connectivity index (χ1n) is 11.9. The molecule has 1 fully saturated rings. The van der Waals surface area contributed by atoms with Gasteiger partial charge in [-0.1, -0.05) is 69.3 Å². The molecular weight excluding hydrogens is 432 g/mol. The molecule has 2 amide bonds. The van der Waals surface area contributed by atoms with Gasteiger partial charge in [-0.15, -0.1) is 0 Å². The Hall–Kier alpha value is -3.35. The lowest BCUT2D eigenvalue weighted by molar-refractivity contribution is -0.139. The Bertz CT molecular complexity index is 1040. The number of aliphatic carboxylic acids is 1. The van der Waals surface area contributed by atoms with Crippen molar-refractivity contribution in [3.8, 4) is 11.1 Å². The van der Waals surface area contributed by atoms with Crippen LogP contribution >= 0.6 is 0 Å². The summed E-state index contributed by atoms with van der Waals surface area (Å²) in [6, 6.07) is 15.5. The first-order valence-corrected chi connectivity index (χ1v) is 11.9. The molecule has 7 nitrogen and oxygen atoms in total. The van der Waals surface area contributed by atoms with Gasteiger partial charge in [-0.25, -0.2) is 4.79 Å². The van der Waals surface area contributed by atoms with Crippen LogP contribution in [0.2, 0.25) is 0 Å². The number of alkyl carbamates (subject to hydrolysis) is 1. The van der Waals surface area contributed by atoms with Crippen LogP contribution in [0.3, 0.4) is 0 Å². The molecule has 0 radical (unpaired) electrons. The maximum Gasteiger partial charge on any atom is 0.407 e. The molecular formula is C27H32N2O5. The first kappa shape index (κ1) is 23.8. The molecule has 0 spiro atoms. The average molecular weight is 465 g/mol. The highest BCUT2D eigenvalue weighted by atomic mass is 16.5. The van der Waals surface area contributed by atoms with Crippen molar-refractivity contribution in [2.75, 3.05) is 19.7 Å². The van der Waals surface area contributed by atoms with Crippen molar-refractivity contribution in [2.45, 2.75) is 39.2 Å². The van der Waals surface area contributed by atoms with Crippen LogP contribution in [0.5, 0.6) is 0 Å². The molecule has 0 saturated carbocycles. The summed E-state index contributed by atoms with van der Waals surface area (Å²) in [6.07, 6.45) is -0.583. The Morgan fingerprint density at radius 3 is 2.18 bits per heavy atom. The maximum absolute atomic E-state index is 13.2. The third-order valence-corrected chi connectivity index (χ3v) is 7.07. The van der Waals surface area contributed by atoms with Gasteiger partial charge < -0.3 is 20.1 Å². The largest absolute Gasteiger partial charge is 0.481 e. The second kappa shape index (κ2) is 9.87. The quantitative estimate of drug-likeness (QED) is 0.643. The minimum absolute atomic E-state index is 0.0388. The van der Waals surface area contributed by atoms with E-state index >= 15 is 0 Å². The third-order valence-electron chi connectivity index (χ3n) is 7.07. The van der Waals surface area contributed by atoms with E-state index in [4.69, 9.17) is 9.84 Å². The van der Waals surface area contributed by atoms with Crippen molar-refractivity contribution < 1.29 is 24.2 Å². The van der Waals surface area contributed by atoms with Gasteiger partial charge in [0.15, 0.2) is 0 Å². The van der Waals surface area contributed by atoms with E-state index in [1.54, 1.807) is 4.90 Å². The first-order chi connectivity index (χ1) is 16.3. The number of nitrogens with zero attached hydrogens (tertiary/aromatic N) is 1. The third kappa shape index (κ3) is 4.79. The number of carboxylic acids is 1. The normalized spacial score (nSPS) is 20.1. The van der Waals surface area contributed by atoms with Crippen LogP contribution in [-0.2, 0) is 14.3 Å². The molecule has 0 aromatic heterocycles. The lowest BCUT2D eigenvalue weighted by Crippen LogP contribution is -2.51. The van der Waals surface area contributed by atoms with E-state index in [2.05, 4.69) is 29.6 Å². The molecule has 1 aliphatic carbocycles. The van der Waals surface area contributed by atoms with Crippen LogP contribution in [0.25, 0.3) is 11.1 Å². The molecule has 1 saturated heterocycles. The Morgan fingerprint density at radius 1 is 1.03 bits per heavy atom. The van der Waals surface area contributed by atoms with Crippen molar-refractivity contribution in [3.63, 3.8) is 0 Å². The molecule has 2 N–H and O–H groups in total. The molecule has 4 rings (SSSR count). The topological polar surface area (TPSA) is 95.9 Å². The molecule has 7 heteroatoms. The predicted molar refractivity (Wildman–Crippen MR) is 128 cm³/mol. The van der Waals surface area contributed by atoms with E-state index in [0.717, 1.165) is 22.3 Å². The van der Waals surface area contributed by atoms with Crippen molar-refractivity contribution in [1.29, 1.82) is 0 Å². The van der Waals surface area contributed by atoms with Gasteiger partial charge in [0, 0.05) is 19.0 Å². The summed E-state index contributed by atoms with van der Waals surface area (Å²) in [7, 11) is 0. The Balaban J connectivity index is 1.40. The minimum Gasteiger partial charge on any atom is -0.481 e. The lowest BCUT2D eigenvalue weighted by Gasteiger charge is -2.27. The van der Waals surface area contributed by atoms with E-state index in [-0.39, 0.29) is 42.6 Å². The molecule has 1 heterocycles. The van der Waals surface area contributed by atoms with Crippen LogP contribution < -0.4 is 5.32 Å². The van der Waals surface area contributed by atoms with E-state index in [9.17, 15) is 14.4 Å². The molecule has 2 aromatic carbocycles. The van der Waals surface area contributed by atoms with E-state index < -0.39 is 18.1 Å². The van der Waals surface area contributed by atoms with Gasteiger partial charge >= 0.3 is 12.1 Å².